The summed E-state index contributed by atoms with van der Waals surface area (Å²) in [5.41, 5.74) is 0. The van der Waals surface area contributed by atoms with E-state index in [1.807, 2.05) is 0 Å². The van der Waals surface area contributed by atoms with Gasteiger partial charge in [-0.1, -0.05) is 6.92 Å². The predicted molar refractivity (Wildman–Crippen MR) is 52.1 cm³/mol. The van der Waals surface area contributed by atoms with E-state index >= 15 is 0 Å². The maximum absolute atomic E-state index is 13.3. The SMILES string of the molecule is CCN(CC(=O)[O-])S(=O)(=O)C(F)(F)C(F)(F)C(F)(F)C(F)(F)F.[Na+]. The van der Waals surface area contributed by atoms with Crippen molar-refractivity contribution >= 4 is 16.0 Å². The summed E-state index contributed by atoms with van der Waals surface area (Å²) in [6.07, 6.45) is -7.19. The fraction of sp³-hybridized carbons (Fsp3) is 0.875. The summed E-state index contributed by atoms with van der Waals surface area (Å²) in [4.78, 5) is 10.2. The molecule has 0 saturated carbocycles. The van der Waals surface area contributed by atoms with E-state index in [1.54, 1.807) is 0 Å². The Morgan fingerprint density at radius 2 is 1.33 bits per heavy atom. The number of aliphatic carboxylic acids is 1. The molecule has 0 aliphatic carbocycles. The fourth-order valence-electron chi connectivity index (χ4n) is 1.20. The van der Waals surface area contributed by atoms with Crippen molar-refractivity contribution in [3.63, 3.8) is 0 Å². The number of carbonyl (C=O) groups is 1. The van der Waals surface area contributed by atoms with Gasteiger partial charge in [0.15, 0.2) is 0 Å². The van der Waals surface area contributed by atoms with Gasteiger partial charge in [-0.2, -0.15) is 43.8 Å². The zero-order valence-electron chi connectivity index (χ0n) is 11.8. The van der Waals surface area contributed by atoms with Crippen LogP contribution >= 0.6 is 0 Å². The third-order valence-electron chi connectivity index (χ3n) is 2.44. The Kier molecular flexibility index (Phi) is 8.18. The van der Waals surface area contributed by atoms with Gasteiger partial charge in [0.25, 0.3) is 10.0 Å². The molecule has 24 heavy (non-hydrogen) atoms. The Bertz CT molecular complexity index is 562. The third-order valence-corrected chi connectivity index (χ3v) is 4.41. The van der Waals surface area contributed by atoms with Crippen LogP contribution < -0.4 is 34.7 Å². The molecular formula is C8H7F9NNaO4S. The second kappa shape index (κ2) is 7.55. The van der Waals surface area contributed by atoms with Gasteiger partial charge in [-0.25, -0.2) is 8.42 Å². The summed E-state index contributed by atoms with van der Waals surface area (Å²) in [6, 6.07) is 0. The molecule has 0 bridgehead atoms. The second-order valence-electron chi connectivity index (χ2n) is 3.97. The van der Waals surface area contributed by atoms with Crippen molar-refractivity contribution < 1.29 is 87.4 Å². The van der Waals surface area contributed by atoms with Gasteiger partial charge >= 0.3 is 52.8 Å². The zero-order chi connectivity index (χ0) is 19.1. The van der Waals surface area contributed by atoms with Crippen LogP contribution in [0.25, 0.3) is 0 Å². The minimum atomic E-state index is -7.41. The Hall–Kier alpha value is -0.250. The average Bonchev–Trinajstić information content (AvgIpc) is 2.33. The molecule has 0 radical (unpaired) electrons. The molecule has 0 aromatic carbocycles. The van der Waals surface area contributed by atoms with Crippen molar-refractivity contribution in [2.75, 3.05) is 13.1 Å². The molecule has 0 spiro atoms. The number of sulfonamides is 1. The van der Waals surface area contributed by atoms with Crippen LogP contribution in [0.4, 0.5) is 39.5 Å². The minimum Gasteiger partial charge on any atom is -0.549 e. The van der Waals surface area contributed by atoms with Crippen molar-refractivity contribution in [3.8, 4) is 0 Å². The van der Waals surface area contributed by atoms with E-state index in [1.165, 1.54) is 0 Å². The second-order valence-corrected chi connectivity index (χ2v) is 5.95. The Balaban J connectivity index is 0. The van der Waals surface area contributed by atoms with Gasteiger partial charge in [-0.05, 0) is 0 Å². The molecule has 138 valence electrons. The summed E-state index contributed by atoms with van der Waals surface area (Å²) in [5, 5.41) is 3.22. The summed E-state index contributed by atoms with van der Waals surface area (Å²) < 4.78 is 135. The van der Waals surface area contributed by atoms with Gasteiger partial charge < -0.3 is 9.90 Å². The van der Waals surface area contributed by atoms with Crippen LogP contribution in [-0.4, -0.2) is 55.1 Å². The maximum atomic E-state index is 13.3. The maximum Gasteiger partial charge on any atom is 1.00 e. The molecular weight excluding hydrogens is 400 g/mol. The van der Waals surface area contributed by atoms with E-state index in [2.05, 4.69) is 0 Å². The van der Waals surface area contributed by atoms with Crippen molar-refractivity contribution in [2.24, 2.45) is 0 Å². The standard InChI is InChI=1S/C8H8F9NO4S.Na/c1-2-18(3-4(19)20)23(21,22)8(16,17)6(11,12)5(9,10)7(13,14)15;/h2-3H2,1H3,(H,19,20);/q;+1/p-1. The summed E-state index contributed by atoms with van der Waals surface area (Å²) in [6.45, 7) is -2.54. The largest absolute Gasteiger partial charge is 1.00 e. The number of likely N-dealkylation sites (N-methyl/N-ethyl adjacent to an activating group) is 1. The van der Waals surface area contributed by atoms with E-state index in [4.69, 9.17) is 0 Å². The Morgan fingerprint density at radius 1 is 0.958 bits per heavy atom. The van der Waals surface area contributed by atoms with Gasteiger partial charge in [0, 0.05) is 6.54 Å². The molecule has 0 unspecified atom stereocenters. The molecule has 0 heterocycles. The first-order valence-corrected chi connectivity index (χ1v) is 6.71. The van der Waals surface area contributed by atoms with Gasteiger partial charge in [0.2, 0.25) is 0 Å². The number of rotatable bonds is 7. The zero-order valence-corrected chi connectivity index (χ0v) is 14.6. The molecule has 0 N–H and O–H groups in total. The molecule has 16 heteroatoms. The Labute approximate surface area is 151 Å². The normalized spacial score (nSPS) is 14.5. The number of halogens is 9. The van der Waals surface area contributed by atoms with E-state index in [0.717, 1.165) is 0 Å². The van der Waals surface area contributed by atoms with Crippen molar-refractivity contribution in [2.45, 2.75) is 30.2 Å². The first kappa shape index (κ1) is 26.0. The molecule has 5 nitrogen and oxygen atoms in total. The van der Waals surface area contributed by atoms with Crippen molar-refractivity contribution in [1.82, 2.24) is 4.31 Å². The summed E-state index contributed by atoms with van der Waals surface area (Å²) in [7, 11) is -6.90. The minimum absolute atomic E-state index is 0. The van der Waals surface area contributed by atoms with Crippen molar-refractivity contribution in [1.29, 1.82) is 0 Å². The van der Waals surface area contributed by atoms with Gasteiger partial charge in [0.1, 0.15) is 0 Å². The van der Waals surface area contributed by atoms with Crippen LogP contribution in [0.15, 0.2) is 0 Å². The topological polar surface area (TPSA) is 77.5 Å². The van der Waals surface area contributed by atoms with E-state index < -0.39 is 56.7 Å². The van der Waals surface area contributed by atoms with E-state index in [-0.39, 0.29) is 29.6 Å². The van der Waals surface area contributed by atoms with Crippen LogP contribution in [-0.2, 0) is 14.8 Å². The van der Waals surface area contributed by atoms with Gasteiger partial charge in [-0.15, -0.1) is 0 Å². The summed E-state index contributed by atoms with van der Waals surface area (Å²) >= 11 is 0. The number of nitrogens with zero attached hydrogens (tertiary/aromatic N) is 1. The van der Waals surface area contributed by atoms with Crippen LogP contribution in [0.3, 0.4) is 0 Å². The quantitative estimate of drug-likeness (QED) is 0.355. The molecule has 0 aromatic heterocycles. The smallest absolute Gasteiger partial charge is 0.549 e. The van der Waals surface area contributed by atoms with E-state index in [0.29, 0.717) is 6.92 Å². The molecule has 0 aromatic rings. The third kappa shape index (κ3) is 4.11. The number of carboxylic acids is 1. The average molecular weight is 407 g/mol. The first-order chi connectivity index (χ1) is 9.88. The van der Waals surface area contributed by atoms with E-state index in [9.17, 15) is 57.8 Å². The Morgan fingerprint density at radius 3 is 1.58 bits per heavy atom. The number of hydrogen-bond donors (Lipinski definition) is 0. The monoisotopic (exact) mass is 407 g/mol. The number of alkyl halides is 9. The molecule has 0 saturated heterocycles. The number of carbonyl (C=O) groups excluding carboxylic acids is 1. The summed E-state index contributed by atoms with van der Waals surface area (Å²) in [5.74, 6) is -17.2. The molecule has 0 fully saturated rings. The fourth-order valence-corrected chi connectivity index (χ4v) is 2.59. The molecule has 0 amide bonds. The van der Waals surface area contributed by atoms with Crippen LogP contribution in [0.1, 0.15) is 6.92 Å². The van der Waals surface area contributed by atoms with Crippen LogP contribution in [0.2, 0.25) is 0 Å². The number of carboxylic acid groups (broad SMARTS) is 1. The predicted octanol–water partition coefficient (Wildman–Crippen LogP) is -2.18. The van der Waals surface area contributed by atoms with Crippen LogP contribution in [0, 0.1) is 0 Å². The first-order valence-electron chi connectivity index (χ1n) is 5.27. The molecule has 0 rings (SSSR count). The van der Waals surface area contributed by atoms with Crippen molar-refractivity contribution in [3.05, 3.63) is 0 Å². The molecule has 0 atom stereocenters. The van der Waals surface area contributed by atoms with Gasteiger partial charge in [-0.3, -0.25) is 0 Å². The molecule has 0 aliphatic heterocycles. The number of hydrogen-bond acceptors (Lipinski definition) is 4. The van der Waals surface area contributed by atoms with Crippen LogP contribution in [0.5, 0.6) is 0 Å². The van der Waals surface area contributed by atoms with Gasteiger partial charge in [0.05, 0.1) is 12.5 Å². The molecule has 0 aliphatic rings.